The fourth-order valence-electron chi connectivity index (χ4n) is 1.68. The zero-order valence-corrected chi connectivity index (χ0v) is 9.31. The van der Waals surface area contributed by atoms with Crippen molar-refractivity contribution in [2.24, 2.45) is 4.99 Å². The molecule has 0 bridgehead atoms. The van der Waals surface area contributed by atoms with Gasteiger partial charge in [-0.1, -0.05) is 18.2 Å². The molecule has 0 spiro atoms. The number of nitrogens with zero attached hydrogens (tertiary/aromatic N) is 1. The first-order chi connectivity index (χ1) is 7.66. The molecule has 3 nitrogen and oxygen atoms in total. The minimum Gasteiger partial charge on any atom is -0.448 e. The quantitative estimate of drug-likeness (QED) is 0.562. The zero-order chi connectivity index (χ0) is 11.5. The van der Waals surface area contributed by atoms with Crippen LogP contribution in [0.4, 0.5) is 5.69 Å². The van der Waals surface area contributed by atoms with Gasteiger partial charge in [0.2, 0.25) is 0 Å². The highest BCUT2D eigenvalue weighted by Crippen LogP contribution is 2.19. The molecule has 1 atom stereocenters. The van der Waals surface area contributed by atoms with E-state index in [0.29, 0.717) is 0 Å². The Hall–Kier alpha value is -1.90. The van der Waals surface area contributed by atoms with Crippen molar-refractivity contribution in [1.29, 1.82) is 0 Å². The number of rotatable bonds is 2. The van der Waals surface area contributed by atoms with E-state index in [1.54, 1.807) is 0 Å². The highest BCUT2D eigenvalue weighted by atomic mass is 16.5. The fourth-order valence-corrected chi connectivity index (χ4v) is 1.68. The summed E-state index contributed by atoms with van der Waals surface area (Å²) in [6.07, 6.45) is 1.21. The summed E-state index contributed by atoms with van der Waals surface area (Å²) >= 11 is 0. The molecule has 1 aromatic rings. The molecule has 1 heterocycles. The average molecular weight is 215 g/mol. The predicted octanol–water partition coefficient (Wildman–Crippen LogP) is 2.65. The third-order valence-corrected chi connectivity index (χ3v) is 2.43. The van der Waals surface area contributed by atoms with E-state index in [0.717, 1.165) is 17.0 Å². The third-order valence-electron chi connectivity index (χ3n) is 2.43. The number of benzene rings is 1. The second-order valence-electron chi connectivity index (χ2n) is 3.79. The van der Waals surface area contributed by atoms with Crippen LogP contribution in [0.2, 0.25) is 0 Å². The van der Waals surface area contributed by atoms with Crippen molar-refractivity contribution in [3.8, 4) is 0 Å². The standard InChI is InChI=1S/C13H13NO2/c1-9-8-12(15)16-13(9)10(2)14-11-6-4-3-5-7-11/h3-8,13H,1-2H3. The summed E-state index contributed by atoms with van der Waals surface area (Å²) < 4.78 is 5.15. The molecule has 0 radical (unpaired) electrons. The second-order valence-corrected chi connectivity index (χ2v) is 3.79. The number of esters is 1. The van der Waals surface area contributed by atoms with Crippen LogP contribution in [-0.4, -0.2) is 17.8 Å². The van der Waals surface area contributed by atoms with Crippen molar-refractivity contribution in [1.82, 2.24) is 0 Å². The molecule has 0 saturated heterocycles. The van der Waals surface area contributed by atoms with Crippen LogP contribution < -0.4 is 0 Å². The highest BCUT2D eigenvalue weighted by molar-refractivity contribution is 5.98. The molecular weight excluding hydrogens is 202 g/mol. The molecule has 82 valence electrons. The maximum Gasteiger partial charge on any atom is 0.331 e. The lowest BCUT2D eigenvalue weighted by Crippen LogP contribution is -2.19. The van der Waals surface area contributed by atoms with Gasteiger partial charge in [0.25, 0.3) is 0 Å². The van der Waals surface area contributed by atoms with Gasteiger partial charge < -0.3 is 4.74 Å². The molecule has 1 aromatic carbocycles. The first-order valence-electron chi connectivity index (χ1n) is 5.16. The summed E-state index contributed by atoms with van der Waals surface area (Å²) in [6.45, 7) is 3.74. The Balaban J connectivity index is 2.20. The van der Waals surface area contributed by atoms with Crippen LogP contribution in [0.5, 0.6) is 0 Å². The molecule has 1 unspecified atom stereocenters. The van der Waals surface area contributed by atoms with Gasteiger partial charge in [-0.15, -0.1) is 0 Å². The lowest BCUT2D eigenvalue weighted by atomic mass is 10.1. The Kier molecular flexibility index (Phi) is 2.86. The van der Waals surface area contributed by atoms with E-state index < -0.39 is 0 Å². The third kappa shape index (κ3) is 2.19. The summed E-state index contributed by atoms with van der Waals surface area (Å²) in [7, 11) is 0. The number of hydrogen-bond donors (Lipinski definition) is 0. The Morgan fingerprint density at radius 3 is 2.56 bits per heavy atom. The molecule has 3 heteroatoms. The molecule has 2 rings (SSSR count). The van der Waals surface area contributed by atoms with E-state index in [-0.39, 0.29) is 12.1 Å². The summed E-state index contributed by atoms with van der Waals surface area (Å²) in [5.74, 6) is -0.287. The molecule has 0 aliphatic carbocycles. The van der Waals surface area contributed by atoms with Crippen LogP contribution in [0, 0.1) is 0 Å². The summed E-state index contributed by atoms with van der Waals surface area (Å²) in [5, 5.41) is 0. The molecular formula is C13H13NO2. The van der Waals surface area contributed by atoms with Gasteiger partial charge >= 0.3 is 5.97 Å². The van der Waals surface area contributed by atoms with E-state index in [1.807, 2.05) is 44.2 Å². The predicted molar refractivity (Wildman–Crippen MR) is 62.8 cm³/mol. The number of aliphatic imine (C=N–C) groups is 1. The smallest absolute Gasteiger partial charge is 0.331 e. The number of cyclic esters (lactones) is 1. The average Bonchev–Trinajstić information content (AvgIpc) is 2.59. The van der Waals surface area contributed by atoms with Gasteiger partial charge in [-0.3, -0.25) is 4.99 Å². The van der Waals surface area contributed by atoms with E-state index in [1.165, 1.54) is 6.08 Å². The minimum atomic E-state index is -0.298. The SMILES string of the molecule is CC1=CC(=O)OC1C(C)=Nc1ccccc1. The van der Waals surface area contributed by atoms with Gasteiger partial charge in [-0.05, 0) is 31.6 Å². The van der Waals surface area contributed by atoms with Crippen molar-refractivity contribution >= 4 is 17.4 Å². The highest BCUT2D eigenvalue weighted by Gasteiger charge is 2.25. The second kappa shape index (κ2) is 4.31. The lowest BCUT2D eigenvalue weighted by Gasteiger charge is -2.11. The van der Waals surface area contributed by atoms with Crippen LogP contribution in [0.15, 0.2) is 47.0 Å². The van der Waals surface area contributed by atoms with Crippen molar-refractivity contribution in [2.75, 3.05) is 0 Å². The Labute approximate surface area is 94.5 Å². The molecule has 16 heavy (non-hydrogen) atoms. The molecule has 0 saturated carbocycles. The number of carbonyl (C=O) groups is 1. The van der Waals surface area contributed by atoms with E-state index in [2.05, 4.69) is 4.99 Å². The Morgan fingerprint density at radius 1 is 1.31 bits per heavy atom. The monoisotopic (exact) mass is 215 g/mol. The van der Waals surface area contributed by atoms with Crippen molar-refractivity contribution in [2.45, 2.75) is 20.0 Å². The number of hydrogen-bond acceptors (Lipinski definition) is 3. The van der Waals surface area contributed by atoms with Gasteiger partial charge in [-0.25, -0.2) is 4.79 Å². The first kappa shape index (κ1) is 10.6. The molecule has 1 aliphatic rings. The molecule has 0 aromatic heterocycles. The minimum absolute atomic E-state index is 0.287. The summed E-state index contributed by atoms with van der Waals surface area (Å²) in [6, 6.07) is 9.62. The maximum absolute atomic E-state index is 11.1. The van der Waals surface area contributed by atoms with E-state index in [9.17, 15) is 4.79 Å². The van der Waals surface area contributed by atoms with Gasteiger partial charge in [0.15, 0.2) is 6.10 Å². The molecule has 0 N–H and O–H groups in total. The fraction of sp³-hybridized carbons (Fsp3) is 0.231. The van der Waals surface area contributed by atoms with E-state index >= 15 is 0 Å². The van der Waals surface area contributed by atoms with Crippen molar-refractivity contribution in [3.63, 3.8) is 0 Å². The normalized spacial score (nSPS) is 20.6. The van der Waals surface area contributed by atoms with Gasteiger partial charge in [0.05, 0.1) is 11.4 Å². The largest absolute Gasteiger partial charge is 0.448 e. The number of para-hydroxylation sites is 1. The topological polar surface area (TPSA) is 38.7 Å². The molecule has 1 aliphatic heterocycles. The Bertz CT molecular complexity index is 460. The van der Waals surface area contributed by atoms with Crippen LogP contribution in [-0.2, 0) is 9.53 Å². The summed E-state index contributed by atoms with van der Waals surface area (Å²) in [5.41, 5.74) is 2.57. The van der Waals surface area contributed by atoms with Gasteiger partial charge in [-0.2, -0.15) is 0 Å². The van der Waals surface area contributed by atoms with Crippen molar-refractivity contribution in [3.05, 3.63) is 42.0 Å². The van der Waals surface area contributed by atoms with Gasteiger partial charge in [0, 0.05) is 6.08 Å². The maximum atomic E-state index is 11.1. The molecule has 0 amide bonds. The first-order valence-corrected chi connectivity index (χ1v) is 5.16. The van der Waals surface area contributed by atoms with Crippen LogP contribution in [0.1, 0.15) is 13.8 Å². The summed E-state index contributed by atoms with van der Waals surface area (Å²) in [4.78, 5) is 15.5. The van der Waals surface area contributed by atoms with E-state index in [4.69, 9.17) is 4.74 Å². The van der Waals surface area contributed by atoms with Gasteiger partial charge in [0.1, 0.15) is 0 Å². The van der Waals surface area contributed by atoms with Crippen LogP contribution >= 0.6 is 0 Å². The number of ether oxygens (including phenoxy) is 1. The zero-order valence-electron chi connectivity index (χ0n) is 9.31. The molecule has 0 fully saturated rings. The lowest BCUT2D eigenvalue weighted by molar-refractivity contribution is -0.136. The van der Waals surface area contributed by atoms with Crippen LogP contribution in [0.25, 0.3) is 0 Å². The Morgan fingerprint density at radius 2 is 2.00 bits per heavy atom. The van der Waals surface area contributed by atoms with Crippen LogP contribution in [0.3, 0.4) is 0 Å². The van der Waals surface area contributed by atoms with Crippen molar-refractivity contribution < 1.29 is 9.53 Å². The number of carbonyl (C=O) groups excluding carboxylic acids is 1.